The maximum absolute atomic E-state index is 13.4. The van der Waals surface area contributed by atoms with E-state index in [0.717, 1.165) is 15.6 Å². The predicted molar refractivity (Wildman–Crippen MR) is 113 cm³/mol. The van der Waals surface area contributed by atoms with E-state index >= 15 is 0 Å². The largest absolute Gasteiger partial charge is 0.357 e. The summed E-state index contributed by atoms with van der Waals surface area (Å²) in [6, 6.07) is 12.0. The molecular formula is C22H19N3O6S. The number of benzene rings is 1. The second kappa shape index (κ2) is 8.40. The number of aromatic nitrogens is 2. The highest BCUT2D eigenvalue weighted by Gasteiger charge is 2.26. The minimum Gasteiger partial charge on any atom is -0.329 e. The van der Waals surface area contributed by atoms with E-state index in [0.29, 0.717) is 22.0 Å². The lowest BCUT2D eigenvalue weighted by atomic mass is 10.0. The first-order valence-corrected chi connectivity index (χ1v) is 11.0. The molecule has 0 N–H and O–H groups in total. The first kappa shape index (κ1) is 21.5. The molecule has 4 rings (SSSR count). The molecule has 10 heteroatoms. The van der Waals surface area contributed by atoms with Crippen LogP contribution in [0, 0.1) is 6.92 Å². The average molecular weight is 453 g/mol. The molecule has 0 atom stereocenters. The zero-order chi connectivity index (χ0) is 22.9. The highest BCUT2D eigenvalue weighted by atomic mass is 32.2. The van der Waals surface area contributed by atoms with Crippen LogP contribution in [0.5, 0.6) is 0 Å². The number of hydrogen-bond acceptors (Lipinski definition) is 8. The summed E-state index contributed by atoms with van der Waals surface area (Å²) in [5.41, 5.74) is 2.54. The summed E-state index contributed by atoms with van der Waals surface area (Å²) in [4.78, 5) is 37.7. The molecule has 3 aromatic rings. The standard InChI is InChI=1S/C22H19N3O6S/c1-15-6-3-4-8-19(15)20-11-16(10-17-12-21(26)30-24(2)31-22(17)27)14-25(20)32(28,29)18-7-5-9-23-13-18/h3-9,11-14H,10H2,1-2H3. The van der Waals surface area contributed by atoms with Crippen LogP contribution < -0.4 is 0 Å². The Morgan fingerprint density at radius 3 is 2.56 bits per heavy atom. The van der Waals surface area contributed by atoms with Gasteiger partial charge in [-0.15, -0.1) is 0 Å². The van der Waals surface area contributed by atoms with Crippen LogP contribution in [0.2, 0.25) is 0 Å². The predicted octanol–water partition coefficient (Wildman–Crippen LogP) is 2.43. The molecule has 0 unspecified atom stereocenters. The van der Waals surface area contributed by atoms with Crippen molar-refractivity contribution in [1.29, 1.82) is 0 Å². The van der Waals surface area contributed by atoms with Crippen LogP contribution in [0.1, 0.15) is 11.1 Å². The fourth-order valence-corrected chi connectivity index (χ4v) is 4.71. The van der Waals surface area contributed by atoms with Crippen LogP contribution in [-0.4, -0.2) is 41.6 Å². The third kappa shape index (κ3) is 4.18. The number of pyridine rings is 1. The van der Waals surface area contributed by atoms with E-state index in [1.165, 1.54) is 31.7 Å². The molecule has 32 heavy (non-hydrogen) atoms. The molecule has 164 valence electrons. The lowest BCUT2D eigenvalue weighted by Crippen LogP contribution is -2.23. The minimum atomic E-state index is -3.98. The SMILES string of the molecule is Cc1ccccc1-c1cc(CC2=CC(=O)ON(C)OC2=O)cn1S(=O)(=O)c1cccnc1. The third-order valence-corrected chi connectivity index (χ3v) is 6.49. The van der Waals surface area contributed by atoms with Gasteiger partial charge in [-0.25, -0.2) is 22.0 Å². The van der Waals surface area contributed by atoms with E-state index in [-0.39, 0.29) is 16.9 Å². The number of carbonyl (C=O) groups is 2. The minimum absolute atomic E-state index is 0.0234. The molecule has 0 saturated carbocycles. The summed E-state index contributed by atoms with van der Waals surface area (Å²) >= 11 is 0. The summed E-state index contributed by atoms with van der Waals surface area (Å²) in [6.07, 6.45) is 5.19. The number of rotatable bonds is 5. The first-order valence-electron chi connectivity index (χ1n) is 9.57. The third-order valence-electron chi connectivity index (χ3n) is 4.83. The normalized spacial score (nSPS) is 15.0. The van der Waals surface area contributed by atoms with Gasteiger partial charge in [0.15, 0.2) is 0 Å². The highest BCUT2D eigenvalue weighted by molar-refractivity contribution is 7.90. The maximum atomic E-state index is 13.4. The van der Waals surface area contributed by atoms with Gasteiger partial charge in [-0.1, -0.05) is 24.3 Å². The second-order valence-corrected chi connectivity index (χ2v) is 8.93. The van der Waals surface area contributed by atoms with Crippen molar-refractivity contribution >= 4 is 22.0 Å². The summed E-state index contributed by atoms with van der Waals surface area (Å²) < 4.78 is 28.0. The van der Waals surface area contributed by atoms with Crippen LogP contribution in [0.4, 0.5) is 0 Å². The van der Waals surface area contributed by atoms with Gasteiger partial charge in [0.2, 0.25) is 0 Å². The van der Waals surface area contributed by atoms with Crippen LogP contribution in [0.25, 0.3) is 11.3 Å². The number of hydrogen-bond donors (Lipinski definition) is 0. The first-order chi connectivity index (χ1) is 15.3. The van der Waals surface area contributed by atoms with Gasteiger partial charge >= 0.3 is 11.9 Å². The molecule has 9 nitrogen and oxygen atoms in total. The van der Waals surface area contributed by atoms with E-state index in [1.54, 1.807) is 12.1 Å². The van der Waals surface area contributed by atoms with Crippen LogP contribution in [0.3, 0.4) is 0 Å². The number of aryl methyl sites for hydroxylation is 1. The van der Waals surface area contributed by atoms with Crippen LogP contribution in [0.15, 0.2) is 77.6 Å². The van der Waals surface area contributed by atoms with Crippen LogP contribution in [-0.2, 0) is 35.7 Å². The molecular weight excluding hydrogens is 434 g/mol. The molecule has 1 aliphatic rings. The molecule has 0 fully saturated rings. The maximum Gasteiger partial charge on any atom is 0.357 e. The zero-order valence-electron chi connectivity index (χ0n) is 17.3. The van der Waals surface area contributed by atoms with Gasteiger partial charge in [-0.2, -0.15) is 0 Å². The summed E-state index contributed by atoms with van der Waals surface area (Å²) in [6.45, 7) is 1.88. The quantitative estimate of drug-likeness (QED) is 0.580. The van der Waals surface area contributed by atoms with Crippen molar-refractivity contribution in [3.8, 4) is 11.3 Å². The number of hydroxylamine groups is 2. The Balaban J connectivity index is 1.83. The molecule has 1 aromatic carbocycles. The van der Waals surface area contributed by atoms with Gasteiger partial charge in [0.05, 0.1) is 18.3 Å². The fourth-order valence-electron chi connectivity index (χ4n) is 3.35. The number of nitrogens with zero attached hydrogens (tertiary/aromatic N) is 3. The average Bonchev–Trinajstić information content (AvgIpc) is 3.13. The van der Waals surface area contributed by atoms with Crippen molar-refractivity contribution in [1.82, 2.24) is 14.2 Å². The Kier molecular flexibility index (Phi) is 5.64. The van der Waals surface area contributed by atoms with Gasteiger partial charge in [0.1, 0.15) is 4.90 Å². The van der Waals surface area contributed by atoms with Gasteiger partial charge < -0.3 is 9.68 Å². The van der Waals surface area contributed by atoms with Crippen molar-refractivity contribution in [2.45, 2.75) is 18.2 Å². The molecule has 2 aromatic heterocycles. The van der Waals surface area contributed by atoms with Crippen LogP contribution >= 0.6 is 0 Å². The van der Waals surface area contributed by atoms with E-state index in [1.807, 2.05) is 31.2 Å². The Hall–Kier alpha value is -3.76. The molecule has 3 heterocycles. The van der Waals surface area contributed by atoms with Gasteiger partial charge in [0.25, 0.3) is 10.0 Å². The van der Waals surface area contributed by atoms with Crippen molar-refractivity contribution in [3.63, 3.8) is 0 Å². The van der Waals surface area contributed by atoms with E-state index < -0.39 is 22.0 Å². The molecule has 0 aliphatic carbocycles. The summed E-state index contributed by atoms with van der Waals surface area (Å²) in [5, 5.41) is 0.672. The monoisotopic (exact) mass is 453 g/mol. The molecule has 0 amide bonds. The Morgan fingerprint density at radius 1 is 1.06 bits per heavy atom. The zero-order valence-corrected chi connectivity index (χ0v) is 18.1. The Morgan fingerprint density at radius 2 is 1.84 bits per heavy atom. The van der Waals surface area contributed by atoms with Crippen molar-refractivity contribution < 1.29 is 27.7 Å². The summed E-state index contributed by atoms with van der Waals surface area (Å²) in [5.74, 6) is -1.53. The molecule has 0 radical (unpaired) electrons. The van der Waals surface area contributed by atoms with Crippen molar-refractivity contribution in [2.24, 2.45) is 0 Å². The van der Waals surface area contributed by atoms with Gasteiger partial charge in [0, 0.05) is 41.9 Å². The van der Waals surface area contributed by atoms with Crippen molar-refractivity contribution in [3.05, 3.63) is 83.8 Å². The van der Waals surface area contributed by atoms with E-state index in [2.05, 4.69) is 4.98 Å². The number of carbonyl (C=O) groups excluding carboxylic acids is 2. The van der Waals surface area contributed by atoms with E-state index in [4.69, 9.17) is 9.68 Å². The Labute approximate surface area is 184 Å². The second-order valence-electron chi connectivity index (χ2n) is 7.11. The molecule has 0 bridgehead atoms. The van der Waals surface area contributed by atoms with Gasteiger partial charge in [-0.3, -0.25) is 4.98 Å². The van der Waals surface area contributed by atoms with Gasteiger partial charge in [-0.05, 0) is 36.2 Å². The summed E-state index contributed by atoms with van der Waals surface area (Å²) in [7, 11) is -2.70. The van der Waals surface area contributed by atoms with Crippen molar-refractivity contribution in [2.75, 3.05) is 7.05 Å². The lowest BCUT2D eigenvalue weighted by molar-refractivity contribution is -0.304. The highest BCUT2D eigenvalue weighted by Crippen LogP contribution is 2.30. The molecule has 0 saturated heterocycles. The smallest absolute Gasteiger partial charge is 0.329 e. The molecule has 0 spiro atoms. The molecule has 1 aliphatic heterocycles. The van der Waals surface area contributed by atoms with E-state index in [9.17, 15) is 18.0 Å². The topological polar surface area (TPSA) is 108 Å². The Bertz CT molecular complexity index is 1330. The lowest BCUT2D eigenvalue weighted by Gasteiger charge is -2.12. The fraction of sp³-hybridized carbons (Fsp3) is 0.136.